The predicted octanol–water partition coefficient (Wildman–Crippen LogP) is 3.51. The molecule has 1 aromatic carbocycles. The molecule has 2 aliphatic rings. The first-order chi connectivity index (χ1) is 10.6. The molecular formula is C19H29ClN2O. The molecule has 128 valence electrons. The van der Waals surface area contributed by atoms with Crippen LogP contribution in [0.25, 0.3) is 0 Å². The van der Waals surface area contributed by atoms with E-state index in [1.54, 1.807) is 0 Å². The Kier molecular flexibility index (Phi) is 6.10. The summed E-state index contributed by atoms with van der Waals surface area (Å²) in [5, 5.41) is 3.48. The second-order valence-corrected chi connectivity index (χ2v) is 7.27. The number of carbonyl (C=O) groups excluding carboxylic acids is 1. The van der Waals surface area contributed by atoms with Crippen molar-refractivity contribution in [2.45, 2.75) is 45.4 Å². The normalized spacial score (nSPS) is 21.0. The monoisotopic (exact) mass is 336 g/mol. The molecule has 1 aromatic rings. The van der Waals surface area contributed by atoms with Gasteiger partial charge in [0.15, 0.2) is 0 Å². The minimum atomic E-state index is 0. The molecule has 1 N–H and O–H groups in total. The number of nitrogens with one attached hydrogen (secondary N) is 1. The lowest BCUT2D eigenvalue weighted by molar-refractivity contribution is -0.133. The van der Waals surface area contributed by atoms with E-state index in [1.165, 1.54) is 30.4 Å². The van der Waals surface area contributed by atoms with Crippen molar-refractivity contribution in [3.05, 3.63) is 35.4 Å². The fraction of sp³-hybridized carbons (Fsp3) is 0.632. The molecule has 2 saturated heterocycles. The van der Waals surface area contributed by atoms with E-state index in [0.29, 0.717) is 23.7 Å². The van der Waals surface area contributed by atoms with Crippen molar-refractivity contribution in [3.63, 3.8) is 0 Å². The van der Waals surface area contributed by atoms with Gasteiger partial charge >= 0.3 is 0 Å². The van der Waals surface area contributed by atoms with E-state index in [4.69, 9.17) is 0 Å². The van der Waals surface area contributed by atoms with Crippen LogP contribution in [0.3, 0.4) is 0 Å². The Balaban J connectivity index is 0.00000192. The summed E-state index contributed by atoms with van der Waals surface area (Å²) in [7, 11) is 0. The number of benzene rings is 1. The summed E-state index contributed by atoms with van der Waals surface area (Å²) in [6.07, 6.45) is 4.26. The number of hydrogen-bond acceptors (Lipinski definition) is 2. The number of carbonyl (C=O) groups is 1. The van der Waals surface area contributed by atoms with Gasteiger partial charge in [-0.15, -0.1) is 12.4 Å². The number of aryl methyl sites for hydroxylation is 1. The molecule has 1 amide bonds. The smallest absolute Gasteiger partial charge is 0.223 e. The topological polar surface area (TPSA) is 32.3 Å². The summed E-state index contributed by atoms with van der Waals surface area (Å²) in [5.74, 6) is 0.634. The fourth-order valence-electron chi connectivity index (χ4n) is 4.09. The number of likely N-dealkylation sites (tertiary alicyclic amines) is 1. The first-order valence-corrected chi connectivity index (χ1v) is 8.64. The van der Waals surface area contributed by atoms with Gasteiger partial charge in [0.05, 0.1) is 0 Å². The maximum atomic E-state index is 12.6. The lowest BCUT2D eigenvalue weighted by atomic mass is 9.77. The van der Waals surface area contributed by atoms with Gasteiger partial charge in [-0.2, -0.15) is 0 Å². The van der Waals surface area contributed by atoms with Gasteiger partial charge in [0.1, 0.15) is 0 Å². The van der Waals surface area contributed by atoms with Gasteiger partial charge in [0.2, 0.25) is 5.91 Å². The number of hydrogen-bond donors (Lipinski definition) is 1. The zero-order valence-electron chi connectivity index (χ0n) is 14.3. The quantitative estimate of drug-likeness (QED) is 0.916. The highest BCUT2D eigenvalue weighted by Gasteiger charge is 2.38. The van der Waals surface area contributed by atoms with Gasteiger partial charge in [-0.05, 0) is 55.2 Å². The van der Waals surface area contributed by atoms with Crippen molar-refractivity contribution in [2.24, 2.45) is 5.41 Å². The molecule has 23 heavy (non-hydrogen) atoms. The van der Waals surface area contributed by atoms with Crippen molar-refractivity contribution in [1.29, 1.82) is 0 Å². The minimum absolute atomic E-state index is 0. The molecule has 1 unspecified atom stereocenters. The molecule has 0 radical (unpaired) electrons. The van der Waals surface area contributed by atoms with Gasteiger partial charge < -0.3 is 10.2 Å². The first-order valence-electron chi connectivity index (χ1n) is 8.64. The summed E-state index contributed by atoms with van der Waals surface area (Å²) in [4.78, 5) is 14.7. The molecule has 0 bridgehead atoms. The standard InChI is InChI=1S/C19H28N2O.ClH/c1-15-5-3-4-6-17(15)16(2)13-18(22)21-11-8-19(9-12-21)7-10-20-14-19;/h3-6,16,20H,7-14H2,1-2H3;1H. The van der Waals surface area contributed by atoms with Crippen LogP contribution < -0.4 is 5.32 Å². The Morgan fingerprint density at radius 2 is 1.96 bits per heavy atom. The summed E-state index contributed by atoms with van der Waals surface area (Å²) < 4.78 is 0. The Morgan fingerprint density at radius 1 is 1.26 bits per heavy atom. The van der Waals surface area contributed by atoms with Gasteiger partial charge in [0.25, 0.3) is 0 Å². The highest BCUT2D eigenvalue weighted by atomic mass is 35.5. The third kappa shape index (κ3) is 4.07. The highest BCUT2D eigenvalue weighted by molar-refractivity contribution is 5.85. The number of rotatable bonds is 3. The molecule has 4 heteroatoms. The molecule has 2 heterocycles. The summed E-state index contributed by atoms with van der Waals surface area (Å²) >= 11 is 0. The third-order valence-corrected chi connectivity index (χ3v) is 5.71. The predicted molar refractivity (Wildman–Crippen MR) is 97.2 cm³/mol. The average molecular weight is 337 g/mol. The van der Waals surface area contributed by atoms with Crippen LogP contribution in [0.1, 0.15) is 49.7 Å². The molecular weight excluding hydrogens is 308 g/mol. The zero-order valence-corrected chi connectivity index (χ0v) is 15.1. The second-order valence-electron chi connectivity index (χ2n) is 7.27. The lowest BCUT2D eigenvalue weighted by Crippen LogP contribution is -2.44. The molecule has 2 aliphatic heterocycles. The van der Waals surface area contributed by atoms with Crippen LogP contribution in [0.4, 0.5) is 0 Å². The first kappa shape index (κ1) is 18.3. The lowest BCUT2D eigenvalue weighted by Gasteiger charge is -2.39. The average Bonchev–Trinajstić information content (AvgIpc) is 2.96. The van der Waals surface area contributed by atoms with Crippen LogP contribution in [-0.2, 0) is 4.79 Å². The fourth-order valence-corrected chi connectivity index (χ4v) is 4.09. The summed E-state index contributed by atoms with van der Waals surface area (Å²) in [6, 6.07) is 8.42. The number of nitrogens with zero attached hydrogens (tertiary/aromatic N) is 1. The van der Waals surface area contributed by atoms with E-state index < -0.39 is 0 Å². The van der Waals surface area contributed by atoms with Crippen molar-refractivity contribution in [1.82, 2.24) is 10.2 Å². The van der Waals surface area contributed by atoms with Gasteiger partial charge in [-0.25, -0.2) is 0 Å². The molecule has 3 rings (SSSR count). The second kappa shape index (κ2) is 7.67. The largest absolute Gasteiger partial charge is 0.343 e. The zero-order chi connectivity index (χ0) is 15.6. The molecule has 2 fully saturated rings. The SMILES string of the molecule is Cc1ccccc1C(C)CC(=O)N1CCC2(CCNC2)CC1.Cl. The van der Waals surface area contributed by atoms with Crippen molar-refractivity contribution >= 4 is 18.3 Å². The van der Waals surface area contributed by atoms with Crippen molar-refractivity contribution in [2.75, 3.05) is 26.2 Å². The number of halogens is 1. The van der Waals surface area contributed by atoms with E-state index in [1.807, 2.05) is 0 Å². The molecule has 1 spiro atoms. The van der Waals surface area contributed by atoms with Gasteiger partial charge in [-0.3, -0.25) is 4.79 Å². The van der Waals surface area contributed by atoms with E-state index in [2.05, 4.69) is 48.3 Å². The van der Waals surface area contributed by atoms with Crippen LogP contribution in [0, 0.1) is 12.3 Å². The van der Waals surface area contributed by atoms with Crippen LogP contribution in [0.2, 0.25) is 0 Å². The van der Waals surface area contributed by atoms with Crippen LogP contribution in [-0.4, -0.2) is 37.0 Å². The third-order valence-electron chi connectivity index (χ3n) is 5.71. The van der Waals surface area contributed by atoms with Crippen LogP contribution >= 0.6 is 12.4 Å². The van der Waals surface area contributed by atoms with Crippen LogP contribution in [0.15, 0.2) is 24.3 Å². The van der Waals surface area contributed by atoms with Crippen molar-refractivity contribution in [3.8, 4) is 0 Å². The molecule has 0 aliphatic carbocycles. The van der Waals surface area contributed by atoms with E-state index in [-0.39, 0.29) is 12.4 Å². The molecule has 3 nitrogen and oxygen atoms in total. The molecule has 0 aromatic heterocycles. The van der Waals surface area contributed by atoms with E-state index >= 15 is 0 Å². The Morgan fingerprint density at radius 3 is 2.57 bits per heavy atom. The minimum Gasteiger partial charge on any atom is -0.343 e. The summed E-state index contributed by atoms with van der Waals surface area (Å²) in [6.45, 7) is 8.50. The van der Waals surface area contributed by atoms with E-state index in [9.17, 15) is 4.79 Å². The van der Waals surface area contributed by atoms with Crippen LogP contribution in [0.5, 0.6) is 0 Å². The summed E-state index contributed by atoms with van der Waals surface area (Å²) in [5.41, 5.74) is 3.08. The molecule has 0 saturated carbocycles. The van der Waals surface area contributed by atoms with E-state index in [0.717, 1.165) is 26.2 Å². The Labute approximate surface area is 146 Å². The van der Waals surface area contributed by atoms with Gasteiger partial charge in [0, 0.05) is 26.1 Å². The Bertz CT molecular complexity index is 530. The number of piperidine rings is 1. The molecule has 1 atom stereocenters. The maximum absolute atomic E-state index is 12.6. The van der Waals surface area contributed by atoms with Gasteiger partial charge in [-0.1, -0.05) is 31.2 Å². The number of amides is 1. The Hall–Kier alpha value is -1.06. The highest BCUT2D eigenvalue weighted by Crippen LogP contribution is 2.37. The van der Waals surface area contributed by atoms with Crippen molar-refractivity contribution < 1.29 is 4.79 Å². The maximum Gasteiger partial charge on any atom is 0.223 e.